The number of esters is 1. The minimum absolute atomic E-state index is 0. The van der Waals surface area contributed by atoms with Gasteiger partial charge in [-0.15, -0.1) is 0 Å². The molecule has 0 unspecified atom stereocenters. The summed E-state index contributed by atoms with van der Waals surface area (Å²) in [5.74, 6) is -0.359. The van der Waals surface area contributed by atoms with Gasteiger partial charge in [0.25, 0.3) is 0 Å². The van der Waals surface area contributed by atoms with Crippen molar-refractivity contribution in [3.05, 3.63) is 12.7 Å². The molecule has 0 heterocycles. The summed E-state index contributed by atoms with van der Waals surface area (Å²) >= 11 is 0. The van der Waals surface area contributed by atoms with Crippen molar-refractivity contribution in [2.75, 3.05) is 6.61 Å². The summed E-state index contributed by atoms with van der Waals surface area (Å²) in [5, 5.41) is 0. The topological polar surface area (TPSA) is 26.3 Å². The summed E-state index contributed by atoms with van der Waals surface area (Å²) in [7, 11) is 0. The van der Waals surface area contributed by atoms with E-state index in [1.54, 1.807) is 6.92 Å². The number of rotatable bonds is 2. The molecule has 0 radical (unpaired) electrons. The maximum atomic E-state index is 10.1. The van der Waals surface area contributed by atoms with Crippen molar-refractivity contribution in [1.29, 1.82) is 0 Å². The van der Waals surface area contributed by atoms with Crippen LogP contribution in [0.3, 0.4) is 0 Å². The van der Waals surface area contributed by atoms with Crippen molar-refractivity contribution in [3.63, 3.8) is 0 Å². The van der Waals surface area contributed by atoms with E-state index in [2.05, 4.69) is 11.3 Å². The van der Waals surface area contributed by atoms with Crippen LogP contribution >= 0.6 is 0 Å². The number of ether oxygens (including phenoxy) is 1. The van der Waals surface area contributed by atoms with Crippen molar-refractivity contribution in [2.45, 2.75) is 6.92 Å². The van der Waals surface area contributed by atoms with Gasteiger partial charge in [0.05, 0.1) is 6.61 Å². The summed E-state index contributed by atoms with van der Waals surface area (Å²) < 4.78 is 4.43. The fourth-order valence-electron chi connectivity index (χ4n) is 0.201. The van der Waals surface area contributed by atoms with E-state index in [1.807, 2.05) is 0 Å². The normalized spacial score (nSPS) is 6.62. The van der Waals surface area contributed by atoms with Gasteiger partial charge in [-0.2, -0.15) is 0 Å². The Hall–Kier alpha value is 0.846. The number of hydrogen-bond acceptors (Lipinski definition) is 2. The van der Waals surface area contributed by atoms with Crippen molar-refractivity contribution in [1.82, 2.24) is 0 Å². The molecule has 0 bridgehead atoms. The van der Waals surface area contributed by atoms with Crippen LogP contribution in [0.25, 0.3) is 0 Å². The summed E-state index contributed by atoms with van der Waals surface area (Å²) in [4.78, 5) is 10.1. The molecule has 8 heavy (non-hydrogen) atoms. The molecule has 0 saturated heterocycles. The van der Waals surface area contributed by atoms with Crippen molar-refractivity contribution < 1.29 is 9.53 Å². The average molecular weight is 140 g/mol. The molecule has 0 atom stereocenters. The molecule has 0 N–H and O–H groups in total. The van der Waals surface area contributed by atoms with Gasteiger partial charge >= 0.3 is 57.4 Å². The molecule has 0 amide bonds. The molecule has 0 aromatic heterocycles. The first-order valence-corrected chi connectivity index (χ1v) is 2.10. The van der Waals surface area contributed by atoms with Gasteiger partial charge in [-0.05, 0) is 6.92 Å². The number of hydrogen-bond donors (Lipinski definition) is 0. The molecule has 0 aromatic carbocycles. The standard InChI is InChI=1S/C5H8O2.K.H/c1-3-5(6)7-4-2;;/h3H,1,4H2,2H3;;. The summed E-state index contributed by atoms with van der Waals surface area (Å²) in [6, 6.07) is 0. The van der Waals surface area contributed by atoms with Gasteiger partial charge in [-0.25, -0.2) is 4.79 Å². The van der Waals surface area contributed by atoms with Crippen molar-refractivity contribution >= 4 is 57.4 Å². The average Bonchev–Trinajstić information content (AvgIpc) is 1.68. The Bertz CT molecular complexity index is 80.5. The molecule has 0 rings (SSSR count). The Morgan fingerprint density at radius 3 is 2.50 bits per heavy atom. The van der Waals surface area contributed by atoms with Crippen LogP contribution in [0.2, 0.25) is 0 Å². The fourth-order valence-corrected chi connectivity index (χ4v) is 0.201. The van der Waals surface area contributed by atoms with E-state index in [9.17, 15) is 4.79 Å². The van der Waals surface area contributed by atoms with Crippen LogP contribution in [0.1, 0.15) is 6.92 Å². The Labute approximate surface area is 91.7 Å². The van der Waals surface area contributed by atoms with Crippen molar-refractivity contribution in [3.8, 4) is 0 Å². The second-order valence-corrected chi connectivity index (χ2v) is 0.956. The molecular formula is C5H9KO2. The van der Waals surface area contributed by atoms with Gasteiger partial charge in [-0.1, -0.05) is 6.58 Å². The van der Waals surface area contributed by atoms with E-state index in [1.165, 1.54) is 0 Å². The zero-order valence-corrected chi connectivity index (χ0v) is 4.31. The van der Waals surface area contributed by atoms with E-state index >= 15 is 0 Å². The molecule has 3 heteroatoms. The molecule has 42 valence electrons. The Balaban J connectivity index is 0. The molecule has 0 spiro atoms. The predicted molar refractivity (Wildman–Crippen MR) is 34.0 cm³/mol. The summed E-state index contributed by atoms with van der Waals surface area (Å²) in [6.07, 6.45) is 1.14. The van der Waals surface area contributed by atoms with E-state index in [-0.39, 0.29) is 57.4 Å². The van der Waals surface area contributed by atoms with Crippen LogP contribution in [0.4, 0.5) is 0 Å². The number of carbonyl (C=O) groups is 1. The molecule has 0 aliphatic rings. The third kappa shape index (κ3) is 6.85. The fraction of sp³-hybridized carbons (Fsp3) is 0.400. The predicted octanol–water partition coefficient (Wildman–Crippen LogP) is 0.0870. The van der Waals surface area contributed by atoms with E-state index in [0.717, 1.165) is 6.08 Å². The van der Waals surface area contributed by atoms with Crippen LogP contribution in [0.5, 0.6) is 0 Å². The van der Waals surface area contributed by atoms with Crippen molar-refractivity contribution in [2.24, 2.45) is 0 Å². The third-order valence-electron chi connectivity index (χ3n) is 0.453. The first-order valence-electron chi connectivity index (χ1n) is 2.10. The SMILES string of the molecule is C=CC(=O)OCC.[KH]. The van der Waals surface area contributed by atoms with Gasteiger partial charge in [0.1, 0.15) is 0 Å². The monoisotopic (exact) mass is 140 g/mol. The molecule has 0 aromatic rings. The summed E-state index contributed by atoms with van der Waals surface area (Å²) in [6.45, 7) is 5.38. The van der Waals surface area contributed by atoms with E-state index in [0.29, 0.717) is 6.61 Å². The minimum atomic E-state index is -0.359. The molecular weight excluding hydrogens is 131 g/mol. The third-order valence-corrected chi connectivity index (χ3v) is 0.453. The van der Waals surface area contributed by atoms with Gasteiger partial charge in [0.2, 0.25) is 0 Å². The Kier molecular flexibility index (Phi) is 11.4. The van der Waals surface area contributed by atoms with Gasteiger partial charge in [0, 0.05) is 6.08 Å². The zero-order chi connectivity index (χ0) is 5.70. The van der Waals surface area contributed by atoms with Gasteiger partial charge in [-0.3, -0.25) is 0 Å². The summed E-state index contributed by atoms with van der Waals surface area (Å²) in [5.41, 5.74) is 0. The Morgan fingerprint density at radius 2 is 2.38 bits per heavy atom. The molecule has 0 saturated carbocycles. The molecule has 0 aliphatic carbocycles. The van der Waals surface area contributed by atoms with E-state index < -0.39 is 0 Å². The second-order valence-electron chi connectivity index (χ2n) is 0.956. The molecule has 2 nitrogen and oxygen atoms in total. The van der Waals surface area contributed by atoms with Crippen LogP contribution in [0, 0.1) is 0 Å². The first-order chi connectivity index (χ1) is 3.31. The van der Waals surface area contributed by atoms with E-state index in [4.69, 9.17) is 0 Å². The van der Waals surface area contributed by atoms with Crippen LogP contribution in [-0.4, -0.2) is 64.0 Å². The molecule has 0 aliphatic heterocycles. The van der Waals surface area contributed by atoms with Crippen LogP contribution in [0.15, 0.2) is 12.7 Å². The van der Waals surface area contributed by atoms with Crippen LogP contribution in [-0.2, 0) is 9.53 Å². The maximum absolute atomic E-state index is 10.1. The zero-order valence-electron chi connectivity index (χ0n) is 4.31. The quantitative estimate of drug-likeness (QED) is 0.308. The van der Waals surface area contributed by atoms with Gasteiger partial charge < -0.3 is 4.74 Å². The van der Waals surface area contributed by atoms with Gasteiger partial charge in [0.15, 0.2) is 0 Å². The second kappa shape index (κ2) is 7.85. The molecule has 0 fully saturated rings. The number of carbonyl (C=O) groups excluding carboxylic acids is 1. The van der Waals surface area contributed by atoms with Crippen LogP contribution < -0.4 is 0 Å². The Morgan fingerprint density at radius 1 is 1.88 bits per heavy atom. The first kappa shape index (κ1) is 11.6.